The van der Waals surface area contributed by atoms with Crippen LogP contribution >= 0.6 is 0 Å². The quantitative estimate of drug-likeness (QED) is 0.235. The SMILES string of the molecule is CCCCCCCCC(CCCCCC)CC(=O)OCCC. The Labute approximate surface area is 139 Å². The fourth-order valence-electron chi connectivity index (χ4n) is 2.93. The first-order valence-electron chi connectivity index (χ1n) is 9.90. The Morgan fingerprint density at radius 2 is 1.23 bits per heavy atom. The van der Waals surface area contributed by atoms with Crippen molar-refractivity contribution in [3.63, 3.8) is 0 Å². The summed E-state index contributed by atoms with van der Waals surface area (Å²) in [5.74, 6) is 0.570. The van der Waals surface area contributed by atoms with E-state index in [-0.39, 0.29) is 5.97 Å². The van der Waals surface area contributed by atoms with E-state index in [9.17, 15) is 4.79 Å². The average Bonchev–Trinajstić information content (AvgIpc) is 2.52. The Morgan fingerprint density at radius 1 is 0.727 bits per heavy atom. The average molecular weight is 313 g/mol. The van der Waals surface area contributed by atoms with Crippen molar-refractivity contribution in [1.29, 1.82) is 0 Å². The van der Waals surface area contributed by atoms with Crippen LogP contribution < -0.4 is 0 Å². The maximum atomic E-state index is 11.9. The fraction of sp³-hybridized carbons (Fsp3) is 0.950. The molecular weight excluding hydrogens is 272 g/mol. The third kappa shape index (κ3) is 14.4. The topological polar surface area (TPSA) is 26.3 Å². The Kier molecular flexibility index (Phi) is 16.4. The molecule has 1 unspecified atom stereocenters. The highest BCUT2D eigenvalue weighted by Crippen LogP contribution is 2.22. The zero-order chi connectivity index (χ0) is 16.5. The molecule has 2 nitrogen and oxygen atoms in total. The molecular formula is C20H40O2. The first-order valence-corrected chi connectivity index (χ1v) is 9.90. The third-order valence-corrected chi connectivity index (χ3v) is 4.35. The third-order valence-electron chi connectivity index (χ3n) is 4.35. The van der Waals surface area contributed by atoms with E-state index >= 15 is 0 Å². The molecule has 0 aromatic carbocycles. The van der Waals surface area contributed by atoms with Gasteiger partial charge < -0.3 is 4.74 Å². The van der Waals surface area contributed by atoms with Crippen LogP contribution in [0.4, 0.5) is 0 Å². The van der Waals surface area contributed by atoms with Gasteiger partial charge in [0.15, 0.2) is 0 Å². The Hall–Kier alpha value is -0.530. The normalized spacial score (nSPS) is 12.3. The summed E-state index contributed by atoms with van der Waals surface area (Å²) in [5.41, 5.74) is 0. The van der Waals surface area contributed by atoms with E-state index in [4.69, 9.17) is 4.74 Å². The van der Waals surface area contributed by atoms with E-state index in [0.717, 1.165) is 6.42 Å². The molecule has 0 fully saturated rings. The number of hydrogen-bond donors (Lipinski definition) is 0. The molecule has 0 saturated heterocycles. The van der Waals surface area contributed by atoms with Crippen molar-refractivity contribution >= 4 is 5.97 Å². The summed E-state index contributed by atoms with van der Waals surface area (Å²) in [6.45, 7) is 7.13. The molecule has 0 aromatic rings. The molecule has 0 amide bonds. The molecule has 0 spiro atoms. The van der Waals surface area contributed by atoms with Crippen LogP contribution in [0.3, 0.4) is 0 Å². The molecule has 0 saturated carbocycles. The Bertz CT molecular complexity index is 238. The zero-order valence-electron chi connectivity index (χ0n) is 15.5. The molecule has 0 aliphatic heterocycles. The first-order chi connectivity index (χ1) is 10.7. The van der Waals surface area contributed by atoms with Gasteiger partial charge in [-0.05, 0) is 25.2 Å². The fourth-order valence-corrected chi connectivity index (χ4v) is 2.93. The lowest BCUT2D eigenvalue weighted by Gasteiger charge is -2.16. The summed E-state index contributed by atoms with van der Waals surface area (Å²) < 4.78 is 5.27. The van der Waals surface area contributed by atoms with Gasteiger partial charge in [0.2, 0.25) is 0 Å². The Balaban J connectivity index is 3.91. The van der Waals surface area contributed by atoms with Crippen molar-refractivity contribution in [2.75, 3.05) is 6.61 Å². The van der Waals surface area contributed by atoms with E-state index in [2.05, 4.69) is 13.8 Å². The monoisotopic (exact) mass is 312 g/mol. The van der Waals surface area contributed by atoms with E-state index < -0.39 is 0 Å². The molecule has 22 heavy (non-hydrogen) atoms. The zero-order valence-corrected chi connectivity index (χ0v) is 15.5. The molecule has 132 valence electrons. The van der Waals surface area contributed by atoms with Crippen molar-refractivity contribution in [3.05, 3.63) is 0 Å². The van der Waals surface area contributed by atoms with Gasteiger partial charge in [-0.3, -0.25) is 4.79 Å². The summed E-state index contributed by atoms with van der Waals surface area (Å²) >= 11 is 0. The summed E-state index contributed by atoms with van der Waals surface area (Å²) in [5, 5.41) is 0. The van der Waals surface area contributed by atoms with Crippen molar-refractivity contribution in [1.82, 2.24) is 0 Å². The lowest BCUT2D eigenvalue weighted by molar-refractivity contribution is -0.144. The number of ether oxygens (including phenoxy) is 1. The maximum Gasteiger partial charge on any atom is 0.306 e. The second-order valence-electron chi connectivity index (χ2n) is 6.70. The van der Waals surface area contributed by atoms with Crippen LogP contribution in [0.1, 0.15) is 111 Å². The van der Waals surface area contributed by atoms with Crippen LogP contribution in [0, 0.1) is 5.92 Å². The molecule has 0 rings (SSSR count). The predicted molar refractivity (Wildman–Crippen MR) is 96.1 cm³/mol. The molecule has 0 bridgehead atoms. The summed E-state index contributed by atoms with van der Waals surface area (Å²) in [7, 11) is 0. The van der Waals surface area contributed by atoms with Gasteiger partial charge >= 0.3 is 5.97 Å². The largest absolute Gasteiger partial charge is 0.466 e. The van der Waals surface area contributed by atoms with Crippen LogP contribution in [0.2, 0.25) is 0 Å². The lowest BCUT2D eigenvalue weighted by Crippen LogP contribution is -2.12. The molecule has 2 heteroatoms. The van der Waals surface area contributed by atoms with Crippen LogP contribution in [-0.2, 0) is 9.53 Å². The number of unbranched alkanes of at least 4 members (excludes halogenated alkanes) is 8. The van der Waals surface area contributed by atoms with Gasteiger partial charge in [-0.1, -0.05) is 85.0 Å². The van der Waals surface area contributed by atoms with Gasteiger partial charge in [0.25, 0.3) is 0 Å². The minimum Gasteiger partial charge on any atom is -0.466 e. The first kappa shape index (κ1) is 21.5. The van der Waals surface area contributed by atoms with Crippen molar-refractivity contribution in [2.45, 2.75) is 111 Å². The van der Waals surface area contributed by atoms with Crippen molar-refractivity contribution in [2.24, 2.45) is 5.92 Å². The molecule has 0 heterocycles. The highest BCUT2D eigenvalue weighted by atomic mass is 16.5. The minimum atomic E-state index is 0.0216. The van der Waals surface area contributed by atoms with Crippen LogP contribution in [0.5, 0.6) is 0 Å². The molecule has 0 N–H and O–H groups in total. The Morgan fingerprint density at radius 3 is 1.77 bits per heavy atom. The number of esters is 1. The maximum absolute atomic E-state index is 11.9. The second-order valence-corrected chi connectivity index (χ2v) is 6.70. The highest BCUT2D eigenvalue weighted by Gasteiger charge is 2.14. The highest BCUT2D eigenvalue weighted by molar-refractivity contribution is 5.69. The van der Waals surface area contributed by atoms with E-state index in [1.165, 1.54) is 77.0 Å². The number of carbonyl (C=O) groups is 1. The van der Waals surface area contributed by atoms with E-state index in [1.54, 1.807) is 0 Å². The summed E-state index contributed by atoms with van der Waals surface area (Å²) in [6, 6.07) is 0. The van der Waals surface area contributed by atoms with Crippen LogP contribution in [-0.4, -0.2) is 12.6 Å². The van der Waals surface area contributed by atoms with Crippen molar-refractivity contribution in [3.8, 4) is 0 Å². The molecule has 0 radical (unpaired) electrons. The standard InChI is InChI=1S/C20H40O2/c1-4-7-9-11-12-14-16-19(15-13-10-8-5-2)18-20(21)22-17-6-3/h19H,4-18H2,1-3H3. The van der Waals surface area contributed by atoms with Gasteiger partial charge in [-0.25, -0.2) is 0 Å². The van der Waals surface area contributed by atoms with Crippen molar-refractivity contribution < 1.29 is 9.53 Å². The van der Waals surface area contributed by atoms with Crippen LogP contribution in [0.15, 0.2) is 0 Å². The number of rotatable bonds is 16. The molecule has 1 atom stereocenters. The molecule has 0 aromatic heterocycles. The molecule has 0 aliphatic rings. The smallest absolute Gasteiger partial charge is 0.306 e. The number of hydrogen-bond acceptors (Lipinski definition) is 2. The predicted octanol–water partition coefficient (Wildman–Crippen LogP) is 6.67. The van der Waals surface area contributed by atoms with Gasteiger partial charge in [0, 0.05) is 6.42 Å². The van der Waals surface area contributed by atoms with E-state index in [1.807, 2.05) is 6.92 Å². The van der Waals surface area contributed by atoms with Gasteiger partial charge in [0.1, 0.15) is 0 Å². The van der Waals surface area contributed by atoms with Gasteiger partial charge in [-0.15, -0.1) is 0 Å². The summed E-state index contributed by atoms with van der Waals surface area (Å²) in [4.78, 5) is 11.9. The molecule has 0 aliphatic carbocycles. The van der Waals surface area contributed by atoms with Gasteiger partial charge in [0.05, 0.1) is 6.61 Å². The summed E-state index contributed by atoms with van der Waals surface area (Å²) in [6.07, 6.45) is 17.2. The van der Waals surface area contributed by atoms with Gasteiger partial charge in [-0.2, -0.15) is 0 Å². The minimum absolute atomic E-state index is 0.0216. The number of carbonyl (C=O) groups excluding carboxylic acids is 1. The van der Waals surface area contributed by atoms with Crippen LogP contribution in [0.25, 0.3) is 0 Å². The van der Waals surface area contributed by atoms with E-state index in [0.29, 0.717) is 18.9 Å². The lowest BCUT2D eigenvalue weighted by atomic mass is 9.91. The second kappa shape index (κ2) is 16.8.